The summed E-state index contributed by atoms with van der Waals surface area (Å²) in [5.74, 6) is -0.0441. The van der Waals surface area contributed by atoms with Crippen LogP contribution in [0.15, 0.2) is 70.6 Å². The quantitative estimate of drug-likeness (QED) is 0.493. The van der Waals surface area contributed by atoms with E-state index in [1.54, 1.807) is 13.1 Å². The second kappa shape index (κ2) is 9.08. The van der Waals surface area contributed by atoms with Crippen LogP contribution in [0.1, 0.15) is 27.4 Å². The molecule has 3 aromatic rings. The molecule has 4 rings (SSSR count). The Balaban J connectivity index is 1.42. The molecule has 0 bridgehead atoms. The maximum atomic E-state index is 13.2. The molecule has 2 amide bonds. The smallest absolute Gasteiger partial charge is 0.267 e. The Bertz CT molecular complexity index is 1280. The fourth-order valence-corrected chi connectivity index (χ4v) is 5.26. The molecule has 1 aliphatic rings. The van der Waals surface area contributed by atoms with Gasteiger partial charge in [0.05, 0.1) is 6.54 Å². The van der Waals surface area contributed by atoms with Crippen LogP contribution in [-0.4, -0.2) is 35.6 Å². The third kappa shape index (κ3) is 4.62. The first-order valence-corrected chi connectivity index (χ1v) is 11.8. The predicted octanol–water partition coefficient (Wildman–Crippen LogP) is 2.42. The molecular weight excluding hydrogens is 444 g/mol. The molecule has 3 heterocycles. The van der Waals surface area contributed by atoms with Crippen molar-refractivity contribution in [1.29, 1.82) is 0 Å². The fraction of sp³-hybridized carbons (Fsp3) is 0.217. The maximum Gasteiger partial charge on any atom is 0.267 e. The molecule has 1 aromatic carbocycles. The molecule has 1 aliphatic heterocycles. The molecular formula is C23H24N4O5S. The summed E-state index contributed by atoms with van der Waals surface area (Å²) in [6.07, 6.45) is 1.80. The average Bonchev–Trinajstić information content (AvgIpc) is 3.47. The number of rotatable bonds is 8. The van der Waals surface area contributed by atoms with E-state index in [0.717, 1.165) is 11.6 Å². The van der Waals surface area contributed by atoms with E-state index in [-0.39, 0.29) is 35.6 Å². The molecule has 2 aromatic heterocycles. The van der Waals surface area contributed by atoms with Gasteiger partial charge in [0, 0.05) is 31.8 Å². The molecule has 0 aliphatic carbocycles. The van der Waals surface area contributed by atoms with Crippen molar-refractivity contribution >= 4 is 27.7 Å². The van der Waals surface area contributed by atoms with Crippen LogP contribution in [-0.2, 0) is 41.4 Å². The molecule has 0 spiro atoms. The zero-order valence-electron chi connectivity index (χ0n) is 18.1. The Morgan fingerprint density at radius 3 is 2.61 bits per heavy atom. The van der Waals surface area contributed by atoms with Crippen molar-refractivity contribution in [3.05, 3.63) is 83.8 Å². The number of carbonyl (C=O) groups is 2. The number of fused-ring (bicyclic) bond motifs is 1. The maximum absolute atomic E-state index is 13.2. The van der Waals surface area contributed by atoms with Crippen LogP contribution >= 0.6 is 0 Å². The monoisotopic (exact) mass is 468 g/mol. The minimum atomic E-state index is -3.87. The largest absolute Gasteiger partial charge is 0.444 e. The highest BCUT2D eigenvalue weighted by molar-refractivity contribution is 7.89. The van der Waals surface area contributed by atoms with Crippen molar-refractivity contribution in [2.45, 2.75) is 24.5 Å². The lowest BCUT2D eigenvalue weighted by atomic mass is 10.1. The van der Waals surface area contributed by atoms with Gasteiger partial charge in [-0.05, 0) is 30.2 Å². The van der Waals surface area contributed by atoms with Gasteiger partial charge in [-0.2, -0.15) is 4.31 Å². The number of hydrogen-bond acceptors (Lipinski definition) is 5. The van der Waals surface area contributed by atoms with Gasteiger partial charge in [0.25, 0.3) is 15.9 Å². The van der Waals surface area contributed by atoms with Gasteiger partial charge in [0.2, 0.25) is 5.91 Å². The SMILES string of the molecule is C=CC(=O)Nc1cc2c(o1)CN(S(=O)(=O)c1ccc(C(=O)NCCc3ccccc3)n1C)C2. The van der Waals surface area contributed by atoms with E-state index in [1.807, 2.05) is 30.3 Å². The van der Waals surface area contributed by atoms with Crippen molar-refractivity contribution in [2.24, 2.45) is 7.05 Å². The highest BCUT2D eigenvalue weighted by atomic mass is 32.2. The van der Waals surface area contributed by atoms with E-state index < -0.39 is 15.9 Å². The summed E-state index contributed by atoms with van der Waals surface area (Å²) < 4.78 is 34.6. The number of nitrogens with zero attached hydrogens (tertiary/aromatic N) is 2. The first-order chi connectivity index (χ1) is 15.8. The summed E-state index contributed by atoms with van der Waals surface area (Å²) in [4.78, 5) is 24.0. The van der Waals surface area contributed by atoms with Crippen molar-refractivity contribution in [2.75, 3.05) is 11.9 Å². The average molecular weight is 469 g/mol. The van der Waals surface area contributed by atoms with Gasteiger partial charge in [-0.25, -0.2) is 8.42 Å². The predicted molar refractivity (Wildman–Crippen MR) is 122 cm³/mol. The molecule has 2 N–H and O–H groups in total. The number of anilines is 1. The van der Waals surface area contributed by atoms with Crippen molar-refractivity contribution < 1.29 is 22.4 Å². The third-order valence-corrected chi connectivity index (χ3v) is 7.33. The highest BCUT2D eigenvalue weighted by Gasteiger charge is 2.35. The minimum Gasteiger partial charge on any atom is -0.444 e. The molecule has 0 fully saturated rings. The van der Waals surface area contributed by atoms with E-state index in [2.05, 4.69) is 17.2 Å². The number of carbonyl (C=O) groups excluding carboxylic acids is 2. The molecule has 0 radical (unpaired) electrons. The number of furan rings is 1. The zero-order chi connectivity index (χ0) is 23.6. The van der Waals surface area contributed by atoms with Crippen molar-refractivity contribution in [3.63, 3.8) is 0 Å². The van der Waals surface area contributed by atoms with Gasteiger partial charge in [0.15, 0.2) is 10.9 Å². The van der Waals surface area contributed by atoms with Gasteiger partial charge in [-0.3, -0.25) is 14.9 Å². The second-order valence-corrected chi connectivity index (χ2v) is 9.52. The summed E-state index contributed by atoms with van der Waals surface area (Å²) in [7, 11) is -2.32. The van der Waals surface area contributed by atoms with Gasteiger partial charge < -0.3 is 14.3 Å². The Labute approximate surface area is 191 Å². The van der Waals surface area contributed by atoms with E-state index in [0.29, 0.717) is 24.3 Å². The lowest BCUT2D eigenvalue weighted by Gasteiger charge is -2.17. The third-order valence-electron chi connectivity index (χ3n) is 5.45. The molecule has 0 unspecified atom stereocenters. The van der Waals surface area contributed by atoms with Crippen molar-refractivity contribution in [1.82, 2.24) is 14.2 Å². The summed E-state index contributed by atoms with van der Waals surface area (Å²) in [5.41, 5.74) is 2.03. The highest BCUT2D eigenvalue weighted by Crippen LogP contribution is 2.33. The normalized spacial score (nSPS) is 13.5. The minimum absolute atomic E-state index is 0.0149. The summed E-state index contributed by atoms with van der Waals surface area (Å²) >= 11 is 0. The Morgan fingerprint density at radius 2 is 1.91 bits per heavy atom. The first kappa shape index (κ1) is 22.6. The van der Waals surface area contributed by atoms with Crippen LogP contribution in [0.5, 0.6) is 0 Å². The number of nitrogens with one attached hydrogen (secondary N) is 2. The van der Waals surface area contributed by atoms with Crippen LogP contribution in [0.4, 0.5) is 5.88 Å². The zero-order valence-corrected chi connectivity index (χ0v) is 18.9. The van der Waals surface area contributed by atoms with Crippen LogP contribution in [0.3, 0.4) is 0 Å². The summed E-state index contributed by atoms with van der Waals surface area (Å²) in [6, 6.07) is 14.3. The molecule has 172 valence electrons. The number of hydrogen-bond donors (Lipinski definition) is 2. The van der Waals surface area contributed by atoms with Crippen LogP contribution in [0.25, 0.3) is 0 Å². The van der Waals surface area contributed by atoms with E-state index >= 15 is 0 Å². The summed E-state index contributed by atoms with van der Waals surface area (Å²) in [6.45, 7) is 3.96. The topological polar surface area (TPSA) is 114 Å². The second-order valence-electron chi connectivity index (χ2n) is 7.63. The molecule has 33 heavy (non-hydrogen) atoms. The van der Waals surface area contributed by atoms with Gasteiger partial charge in [0.1, 0.15) is 11.5 Å². The number of sulfonamides is 1. The van der Waals surface area contributed by atoms with Crippen LogP contribution < -0.4 is 10.6 Å². The molecule has 0 saturated carbocycles. The van der Waals surface area contributed by atoms with Gasteiger partial charge in [-0.15, -0.1) is 0 Å². The Kier molecular flexibility index (Phi) is 6.21. The molecule has 0 atom stereocenters. The van der Waals surface area contributed by atoms with Gasteiger partial charge in [-0.1, -0.05) is 36.9 Å². The molecule has 10 heteroatoms. The standard InChI is InChI=1S/C23H24N4O5S/c1-3-20(28)25-21-13-17-14-27(15-19(17)32-21)33(30,31)22-10-9-18(26(22)2)23(29)24-12-11-16-7-5-4-6-8-16/h3-10,13H,1,11-12,14-15H2,2H3,(H,24,29)(H,25,28). The first-order valence-electron chi connectivity index (χ1n) is 10.3. The number of aromatic nitrogens is 1. The Hall–Kier alpha value is -3.63. The van der Waals surface area contributed by atoms with E-state index in [4.69, 9.17) is 4.42 Å². The molecule has 9 nitrogen and oxygen atoms in total. The molecule has 0 saturated heterocycles. The van der Waals surface area contributed by atoms with Crippen LogP contribution in [0, 0.1) is 0 Å². The summed E-state index contributed by atoms with van der Waals surface area (Å²) in [5, 5.41) is 5.37. The number of benzene rings is 1. The lowest BCUT2D eigenvalue weighted by Crippen LogP contribution is -2.30. The lowest BCUT2D eigenvalue weighted by molar-refractivity contribution is -0.112. The van der Waals surface area contributed by atoms with E-state index in [1.165, 1.54) is 21.0 Å². The fourth-order valence-electron chi connectivity index (χ4n) is 3.71. The Morgan fingerprint density at radius 1 is 1.15 bits per heavy atom. The van der Waals surface area contributed by atoms with Crippen molar-refractivity contribution in [3.8, 4) is 0 Å². The van der Waals surface area contributed by atoms with E-state index in [9.17, 15) is 18.0 Å². The number of amides is 2. The van der Waals surface area contributed by atoms with Crippen LogP contribution in [0.2, 0.25) is 0 Å². The van der Waals surface area contributed by atoms with Gasteiger partial charge >= 0.3 is 0 Å².